The van der Waals surface area contributed by atoms with E-state index in [2.05, 4.69) is 32.2 Å². The largest absolute Gasteiger partial charge is 0.364 e. The lowest BCUT2D eigenvalue weighted by Gasteiger charge is -2.45. The first-order chi connectivity index (χ1) is 6.95. The van der Waals surface area contributed by atoms with Crippen LogP contribution in [0.4, 0.5) is 0 Å². The molecule has 1 saturated heterocycles. The molecule has 0 aromatic heterocycles. The molecule has 2 unspecified atom stereocenters. The molecular weight excluding hydrogens is 176 g/mol. The summed E-state index contributed by atoms with van der Waals surface area (Å²) in [6.45, 7) is 2.11. The van der Waals surface area contributed by atoms with Gasteiger partial charge in [-0.15, -0.1) is 0 Å². The smallest absolute Gasteiger partial charge is 0.0894 e. The Bertz CT molecular complexity index is 308. The van der Waals surface area contributed by atoms with Crippen molar-refractivity contribution in [3.8, 4) is 0 Å². The fourth-order valence-electron chi connectivity index (χ4n) is 2.14. The lowest BCUT2D eigenvalue weighted by molar-refractivity contribution is 0.157. The highest BCUT2D eigenvalue weighted by molar-refractivity contribution is 5.79. The van der Waals surface area contributed by atoms with Gasteiger partial charge in [0, 0.05) is 50.3 Å². The van der Waals surface area contributed by atoms with Crippen molar-refractivity contribution in [3.05, 3.63) is 24.8 Å². The molecule has 0 aromatic carbocycles. The van der Waals surface area contributed by atoms with Gasteiger partial charge in [0.05, 0.1) is 12.1 Å². The number of rotatable bonds is 0. The highest BCUT2D eigenvalue weighted by Crippen LogP contribution is 2.19. The molecule has 0 bridgehead atoms. The van der Waals surface area contributed by atoms with E-state index in [1.165, 1.54) is 0 Å². The van der Waals surface area contributed by atoms with Crippen molar-refractivity contribution in [1.29, 1.82) is 0 Å². The number of hydrogen-bond donors (Lipinski definition) is 0. The van der Waals surface area contributed by atoms with E-state index < -0.39 is 0 Å². The molecule has 0 radical (unpaired) electrons. The molecule has 3 heterocycles. The van der Waals surface area contributed by atoms with Gasteiger partial charge in [0.15, 0.2) is 0 Å². The molecule has 72 valence electrons. The Labute approximate surface area is 82.9 Å². The molecule has 0 aromatic rings. The molecule has 0 N–H and O–H groups in total. The van der Waals surface area contributed by atoms with Gasteiger partial charge in [-0.3, -0.25) is 9.98 Å². The third-order valence-corrected chi connectivity index (χ3v) is 2.90. The summed E-state index contributed by atoms with van der Waals surface area (Å²) < 4.78 is 0. The van der Waals surface area contributed by atoms with Crippen LogP contribution in [0.5, 0.6) is 0 Å². The van der Waals surface area contributed by atoms with E-state index in [0.29, 0.717) is 12.1 Å². The lowest BCUT2D eigenvalue weighted by Crippen LogP contribution is -2.58. The first-order valence-corrected chi connectivity index (χ1v) is 4.86. The average Bonchev–Trinajstić information content (AvgIpc) is 2.29. The van der Waals surface area contributed by atoms with Gasteiger partial charge in [0.25, 0.3) is 0 Å². The number of piperazine rings is 1. The lowest BCUT2D eigenvalue weighted by atomic mass is 10.0. The van der Waals surface area contributed by atoms with E-state index in [1.807, 2.05) is 24.8 Å². The molecule has 1 fully saturated rings. The standard InChI is InChI=1S/C10H12N4/c1-3-13-5-6-14-4-2-12-8-10(14)9(13)7-11-1/h1-4,7-10H,5-6H2. The molecule has 3 aliphatic heterocycles. The average molecular weight is 188 g/mol. The number of fused-ring (bicyclic) bond motifs is 3. The molecule has 4 nitrogen and oxygen atoms in total. The molecule has 14 heavy (non-hydrogen) atoms. The normalized spacial score (nSPS) is 33.1. The van der Waals surface area contributed by atoms with Crippen LogP contribution in [0.15, 0.2) is 34.8 Å². The van der Waals surface area contributed by atoms with Crippen LogP contribution in [0.3, 0.4) is 0 Å². The quantitative estimate of drug-likeness (QED) is 0.552. The van der Waals surface area contributed by atoms with Gasteiger partial charge < -0.3 is 9.80 Å². The minimum atomic E-state index is 0.349. The summed E-state index contributed by atoms with van der Waals surface area (Å²) in [4.78, 5) is 13.0. The summed E-state index contributed by atoms with van der Waals surface area (Å²) in [6.07, 6.45) is 11.8. The number of hydrogen-bond acceptors (Lipinski definition) is 4. The van der Waals surface area contributed by atoms with Crippen molar-refractivity contribution in [3.63, 3.8) is 0 Å². The van der Waals surface area contributed by atoms with E-state index >= 15 is 0 Å². The van der Waals surface area contributed by atoms with Crippen LogP contribution >= 0.6 is 0 Å². The molecule has 0 spiro atoms. The van der Waals surface area contributed by atoms with Crippen LogP contribution in [0.1, 0.15) is 0 Å². The van der Waals surface area contributed by atoms with Crippen molar-refractivity contribution >= 4 is 12.4 Å². The van der Waals surface area contributed by atoms with Gasteiger partial charge in [-0.25, -0.2) is 0 Å². The van der Waals surface area contributed by atoms with Crippen molar-refractivity contribution in [2.45, 2.75) is 12.1 Å². The zero-order valence-electron chi connectivity index (χ0n) is 7.82. The second-order valence-electron chi connectivity index (χ2n) is 3.65. The van der Waals surface area contributed by atoms with Crippen molar-refractivity contribution in [1.82, 2.24) is 9.80 Å². The Morgan fingerprint density at radius 1 is 0.857 bits per heavy atom. The minimum Gasteiger partial charge on any atom is -0.364 e. The third kappa shape index (κ3) is 1.07. The molecule has 0 saturated carbocycles. The molecule has 4 heteroatoms. The fraction of sp³-hybridized carbons (Fsp3) is 0.400. The van der Waals surface area contributed by atoms with Gasteiger partial charge in [-0.1, -0.05) is 0 Å². The first kappa shape index (κ1) is 7.79. The zero-order valence-corrected chi connectivity index (χ0v) is 7.82. The summed E-state index contributed by atoms with van der Waals surface area (Å²) in [5.74, 6) is 0. The monoisotopic (exact) mass is 188 g/mol. The Kier molecular flexibility index (Phi) is 1.65. The van der Waals surface area contributed by atoms with E-state index in [1.54, 1.807) is 0 Å². The van der Waals surface area contributed by atoms with Crippen LogP contribution in [0, 0.1) is 0 Å². The van der Waals surface area contributed by atoms with Gasteiger partial charge in [-0.2, -0.15) is 0 Å². The molecule has 0 aliphatic carbocycles. The Morgan fingerprint density at radius 3 is 1.86 bits per heavy atom. The van der Waals surface area contributed by atoms with Crippen molar-refractivity contribution in [2.24, 2.45) is 9.98 Å². The first-order valence-electron chi connectivity index (χ1n) is 4.86. The second-order valence-corrected chi connectivity index (χ2v) is 3.65. The molecule has 3 aliphatic rings. The predicted octanol–water partition coefficient (Wildman–Crippen LogP) is 0.452. The summed E-state index contributed by atoms with van der Waals surface area (Å²) in [5.41, 5.74) is 0. The van der Waals surface area contributed by atoms with Crippen molar-refractivity contribution < 1.29 is 0 Å². The van der Waals surface area contributed by atoms with Gasteiger partial charge in [0.2, 0.25) is 0 Å². The molecular formula is C10H12N4. The maximum Gasteiger partial charge on any atom is 0.0894 e. The molecule has 3 rings (SSSR count). The van der Waals surface area contributed by atoms with Gasteiger partial charge in [0.1, 0.15) is 0 Å². The Balaban J connectivity index is 1.90. The zero-order chi connectivity index (χ0) is 9.38. The molecule has 2 atom stereocenters. The minimum absolute atomic E-state index is 0.349. The topological polar surface area (TPSA) is 31.2 Å². The maximum atomic E-state index is 4.19. The highest BCUT2D eigenvalue weighted by atomic mass is 15.3. The Morgan fingerprint density at radius 2 is 1.36 bits per heavy atom. The van der Waals surface area contributed by atoms with Crippen LogP contribution in [-0.4, -0.2) is 47.4 Å². The summed E-state index contributed by atoms with van der Waals surface area (Å²) in [5, 5.41) is 0. The predicted molar refractivity (Wildman–Crippen MR) is 56.3 cm³/mol. The highest BCUT2D eigenvalue weighted by Gasteiger charge is 2.33. The van der Waals surface area contributed by atoms with Gasteiger partial charge >= 0.3 is 0 Å². The Hall–Kier alpha value is -1.58. The number of nitrogens with zero attached hydrogens (tertiary/aromatic N) is 4. The molecule has 0 amide bonds. The van der Waals surface area contributed by atoms with Crippen LogP contribution in [0.2, 0.25) is 0 Å². The van der Waals surface area contributed by atoms with E-state index in [0.717, 1.165) is 13.1 Å². The third-order valence-electron chi connectivity index (χ3n) is 2.90. The SMILES string of the molecule is C1=CN2CCN3C=CN=CC3C2C=N1. The van der Waals surface area contributed by atoms with Gasteiger partial charge in [-0.05, 0) is 0 Å². The maximum absolute atomic E-state index is 4.19. The summed E-state index contributed by atoms with van der Waals surface area (Å²) in [6, 6.07) is 0.699. The van der Waals surface area contributed by atoms with Crippen LogP contribution in [-0.2, 0) is 0 Å². The van der Waals surface area contributed by atoms with E-state index in [4.69, 9.17) is 0 Å². The van der Waals surface area contributed by atoms with Crippen LogP contribution < -0.4 is 0 Å². The summed E-state index contributed by atoms with van der Waals surface area (Å²) >= 11 is 0. The van der Waals surface area contributed by atoms with E-state index in [9.17, 15) is 0 Å². The fourth-order valence-corrected chi connectivity index (χ4v) is 2.14. The van der Waals surface area contributed by atoms with Crippen LogP contribution in [0.25, 0.3) is 0 Å². The van der Waals surface area contributed by atoms with E-state index in [-0.39, 0.29) is 0 Å². The summed E-state index contributed by atoms with van der Waals surface area (Å²) in [7, 11) is 0. The number of aliphatic imine (C=N–C) groups is 2. The van der Waals surface area contributed by atoms with Crippen molar-refractivity contribution in [2.75, 3.05) is 13.1 Å². The second kappa shape index (κ2) is 2.97.